The van der Waals surface area contributed by atoms with E-state index >= 15 is 0 Å². The Morgan fingerprint density at radius 3 is 2.79 bits per heavy atom. The zero-order valence-electron chi connectivity index (χ0n) is 15.7. The maximum absolute atomic E-state index is 12.8. The summed E-state index contributed by atoms with van der Waals surface area (Å²) >= 11 is 1.37. The number of methoxy groups -OCH3 is 1. The van der Waals surface area contributed by atoms with Gasteiger partial charge in [-0.1, -0.05) is 17.4 Å². The fourth-order valence-electron chi connectivity index (χ4n) is 2.86. The number of ether oxygens (including phenoxy) is 1. The van der Waals surface area contributed by atoms with Crippen LogP contribution in [-0.4, -0.2) is 36.1 Å². The zero-order valence-corrected chi connectivity index (χ0v) is 16.6. The van der Waals surface area contributed by atoms with Crippen molar-refractivity contribution in [3.8, 4) is 0 Å². The first kappa shape index (κ1) is 19.7. The third-order valence-electron chi connectivity index (χ3n) is 4.13. The van der Waals surface area contributed by atoms with Crippen LogP contribution in [0.15, 0.2) is 30.3 Å². The van der Waals surface area contributed by atoms with Gasteiger partial charge in [-0.15, -0.1) is 0 Å². The Balaban J connectivity index is 1.91. The number of nitro groups is 1. The first-order valence-electron chi connectivity index (χ1n) is 8.59. The quantitative estimate of drug-likeness (QED) is 0.351. The van der Waals surface area contributed by atoms with E-state index in [1.54, 1.807) is 7.11 Å². The van der Waals surface area contributed by atoms with Gasteiger partial charge in [-0.3, -0.25) is 20.2 Å². The van der Waals surface area contributed by atoms with E-state index in [-0.39, 0.29) is 11.3 Å². The van der Waals surface area contributed by atoms with Crippen LogP contribution in [0.25, 0.3) is 10.2 Å². The van der Waals surface area contributed by atoms with E-state index in [0.717, 1.165) is 21.3 Å². The fourth-order valence-corrected chi connectivity index (χ4v) is 3.90. The Bertz CT molecular complexity index is 1050. The highest BCUT2D eigenvalue weighted by Gasteiger charge is 2.18. The minimum atomic E-state index is -0.528. The molecule has 0 fully saturated rings. The third-order valence-corrected chi connectivity index (χ3v) is 5.05. The molecule has 3 rings (SSSR count). The molecule has 0 saturated carbocycles. The molecule has 28 heavy (non-hydrogen) atoms. The summed E-state index contributed by atoms with van der Waals surface area (Å²) in [5.41, 5.74) is 3.51. The molecule has 0 aliphatic carbocycles. The van der Waals surface area contributed by atoms with Crippen molar-refractivity contribution in [2.75, 3.05) is 30.9 Å². The molecule has 1 heterocycles. The Kier molecular flexibility index (Phi) is 5.86. The number of non-ortho nitro benzene ring substituents is 1. The number of nitrogens with zero attached hydrogens (tertiary/aromatic N) is 2. The molecule has 0 spiro atoms. The lowest BCUT2D eigenvalue weighted by molar-refractivity contribution is -0.384. The molecule has 2 aromatic carbocycles. The van der Waals surface area contributed by atoms with Crippen LogP contribution in [0.2, 0.25) is 0 Å². The molecule has 0 bridgehead atoms. The van der Waals surface area contributed by atoms with Crippen molar-refractivity contribution in [1.29, 1.82) is 0 Å². The second kappa shape index (κ2) is 8.32. The summed E-state index contributed by atoms with van der Waals surface area (Å²) in [6.45, 7) is 4.88. The number of aryl methyl sites for hydroxylation is 2. The number of nitrogens with one attached hydrogen (secondary N) is 2. The van der Waals surface area contributed by atoms with Crippen molar-refractivity contribution in [2.24, 2.45) is 0 Å². The second-order valence-electron chi connectivity index (χ2n) is 6.31. The number of hydrogen-bond donors (Lipinski definition) is 2. The summed E-state index contributed by atoms with van der Waals surface area (Å²) in [6, 6.07) is 8.18. The molecular weight excluding hydrogens is 380 g/mol. The lowest BCUT2D eigenvalue weighted by atomic mass is 10.1. The Morgan fingerprint density at radius 2 is 2.07 bits per heavy atom. The van der Waals surface area contributed by atoms with Gasteiger partial charge in [0.05, 0.1) is 27.3 Å². The third kappa shape index (κ3) is 4.26. The topological polar surface area (TPSA) is 106 Å². The van der Waals surface area contributed by atoms with Crippen LogP contribution in [-0.2, 0) is 4.74 Å². The van der Waals surface area contributed by atoms with E-state index in [0.29, 0.717) is 24.0 Å². The van der Waals surface area contributed by atoms with Gasteiger partial charge in [0.15, 0.2) is 5.13 Å². The Morgan fingerprint density at radius 1 is 1.29 bits per heavy atom. The van der Waals surface area contributed by atoms with Gasteiger partial charge in [-0.25, -0.2) is 4.98 Å². The van der Waals surface area contributed by atoms with Gasteiger partial charge in [-0.2, -0.15) is 0 Å². The van der Waals surface area contributed by atoms with Gasteiger partial charge in [0, 0.05) is 31.5 Å². The van der Waals surface area contributed by atoms with Crippen molar-refractivity contribution in [2.45, 2.75) is 13.8 Å². The monoisotopic (exact) mass is 400 g/mol. The fraction of sp³-hybridized carbons (Fsp3) is 0.263. The van der Waals surface area contributed by atoms with Crippen LogP contribution in [0, 0.1) is 24.0 Å². The summed E-state index contributed by atoms with van der Waals surface area (Å²) in [7, 11) is 1.57. The molecule has 0 unspecified atom stereocenters. The number of fused-ring (bicyclic) bond motifs is 1. The minimum Gasteiger partial charge on any atom is -0.383 e. The number of rotatable bonds is 7. The van der Waals surface area contributed by atoms with Crippen molar-refractivity contribution in [1.82, 2.24) is 4.98 Å². The summed E-state index contributed by atoms with van der Waals surface area (Å²) in [4.78, 5) is 27.9. The van der Waals surface area contributed by atoms with E-state index < -0.39 is 10.8 Å². The highest BCUT2D eigenvalue weighted by molar-refractivity contribution is 7.22. The van der Waals surface area contributed by atoms with Crippen molar-refractivity contribution in [3.63, 3.8) is 0 Å². The van der Waals surface area contributed by atoms with E-state index in [4.69, 9.17) is 4.74 Å². The molecule has 146 valence electrons. The van der Waals surface area contributed by atoms with E-state index in [1.165, 1.54) is 29.5 Å². The average molecular weight is 400 g/mol. The molecule has 0 saturated heterocycles. The Labute approximate surface area is 165 Å². The van der Waals surface area contributed by atoms with Crippen LogP contribution < -0.4 is 10.6 Å². The van der Waals surface area contributed by atoms with Gasteiger partial charge >= 0.3 is 0 Å². The predicted molar refractivity (Wildman–Crippen MR) is 111 cm³/mol. The maximum Gasteiger partial charge on any atom is 0.270 e. The van der Waals surface area contributed by atoms with E-state index in [2.05, 4.69) is 15.6 Å². The number of thiazole rings is 1. The van der Waals surface area contributed by atoms with Crippen LogP contribution in [0.1, 0.15) is 21.5 Å². The maximum atomic E-state index is 12.8. The van der Waals surface area contributed by atoms with E-state index in [9.17, 15) is 14.9 Å². The predicted octanol–water partition coefficient (Wildman–Crippen LogP) is 4.13. The van der Waals surface area contributed by atoms with Crippen LogP contribution in [0.4, 0.5) is 16.5 Å². The molecule has 1 aromatic heterocycles. The number of amides is 1. The van der Waals surface area contributed by atoms with Crippen molar-refractivity contribution < 1.29 is 14.5 Å². The summed E-state index contributed by atoms with van der Waals surface area (Å²) < 4.78 is 5.97. The molecule has 2 N–H and O–H groups in total. The number of hydrogen-bond acceptors (Lipinski definition) is 7. The van der Waals surface area contributed by atoms with Gasteiger partial charge in [0.1, 0.15) is 0 Å². The molecule has 0 radical (unpaired) electrons. The number of carbonyl (C=O) groups excluding carboxylic acids is 1. The zero-order chi connectivity index (χ0) is 20.3. The van der Waals surface area contributed by atoms with Crippen LogP contribution in [0.3, 0.4) is 0 Å². The Hall–Kier alpha value is -3.04. The normalized spacial score (nSPS) is 10.8. The molecular formula is C19H20N4O4S. The molecule has 8 nitrogen and oxygen atoms in total. The number of anilines is 2. The summed E-state index contributed by atoms with van der Waals surface area (Å²) in [5.74, 6) is -0.461. The van der Waals surface area contributed by atoms with E-state index in [1.807, 2.05) is 26.0 Å². The number of nitro benzene ring substituents is 1. The molecule has 0 aliphatic heterocycles. The van der Waals surface area contributed by atoms with Crippen LogP contribution in [0.5, 0.6) is 0 Å². The SMILES string of the molecule is COCCNc1ccc([N+](=O)[O-])cc1C(=O)Nc1nc2c(C)cc(C)cc2s1. The summed E-state index contributed by atoms with van der Waals surface area (Å²) in [6.07, 6.45) is 0. The van der Waals surface area contributed by atoms with Crippen molar-refractivity contribution in [3.05, 3.63) is 57.1 Å². The molecule has 0 aliphatic rings. The largest absolute Gasteiger partial charge is 0.383 e. The first-order valence-corrected chi connectivity index (χ1v) is 9.41. The lowest BCUT2D eigenvalue weighted by Crippen LogP contribution is -2.16. The van der Waals surface area contributed by atoms with Gasteiger partial charge in [-0.05, 0) is 37.1 Å². The first-order chi connectivity index (χ1) is 13.4. The highest BCUT2D eigenvalue weighted by Crippen LogP contribution is 2.30. The minimum absolute atomic E-state index is 0.154. The van der Waals surface area contributed by atoms with Gasteiger partial charge < -0.3 is 10.1 Å². The average Bonchev–Trinajstić information content (AvgIpc) is 3.04. The number of aromatic nitrogens is 1. The van der Waals surface area contributed by atoms with Gasteiger partial charge in [0.2, 0.25) is 0 Å². The second-order valence-corrected chi connectivity index (χ2v) is 7.34. The molecule has 0 atom stereocenters. The molecule has 1 amide bonds. The van der Waals surface area contributed by atoms with Gasteiger partial charge in [0.25, 0.3) is 11.6 Å². The summed E-state index contributed by atoms with van der Waals surface area (Å²) in [5, 5.41) is 17.4. The number of carbonyl (C=O) groups is 1. The smallest absolute Gasteiger partial charge is 0.270 e. The van der Waals surface area contributed by atoms with Crippen molar-refractivity contribution >= 4 is 44.0 Å². The number of benzene rings is 2. The molecule has 3 aromatic rings. The van der Waals surface area contributed by atoms with Crippen LogP contribution >= 0.6 is 11.3 Å². The standard InChI is InChI=1S/C19H20N4O4S/c1-11-8-12(2)17-16(9-11)28-19(21-17)22-18(24)14-10-13(23(25)26)4-5-15(14)20-6-7-27-3/h4-5,8-10,20H,6-7H2,1-3H3,(H,21,22,24). The lowest BCUT2D eigenvalue weighted by Gasteiger charge is -2.11. The highest BCUT2D eigenvalue weighted by atomic mass is 32.1. The molecule has 9 heteroatoms.